The van der Waals surface area contributed by atoms with Gasteiger partial charge in [0.05, 0.1) is 18.5 Å². The number of carbonyl (C=O) groups is 1. The summed E-state index contributed by atoms with van der Waals surface area (Å²) in [4.78, 5) is 15.2. The molecule has 0 saturated carbocycles. The van der Waals surface area contributed by atoms with Gasteiger partial charge in [0.2, 0.25) is 0 Å². The highest BCUT2D eigenvalue weighted by molar-refractivity contribution is 5.83. The molecule has 1 atom stereocenters. The van der Waals surface area contributed by atoms with E-state index in [-0.39, 0.29) is 0 Å². The first-order valence-corrected chi connectivity index (χ1v) is 9.16. The van der Waals surface area contributed by atoms with E-state index >= 15 is 0 Å². The van der Waals surface area contributed by atoms with E-state index in [2.05, 4.69) is 22.4 Å². The topological polar surface area (TPSA) is 84.6 Å². The highest BCUT2D eigenvalue weighted by Gasteiger charge is 2.22. The highest BCUT2D eigenvalue weighted by atomic mass is 16.5. The van der Waals surface area contributed by atoms with E-state index in [0.717, 1.165) is 54.9 Å². The van der Waals surface area contributed by atoms with Crippen LogP contribution in [0.2, 0.25) is 0 Å². The zero-order valence-electron chi connectivity index (χ0n) is 16.0. The first-order chi connectivity index (χ1) is 13.7. The Bertz CT molecular complexity index is 936. The zero-order valence-corrected chi connectivity index (χ0v) is 16.0. The molecule has 1 aliphatic heterocycles. The lowest BCUT2D eigenvalue weighted by atomic mass is 9.91. The van der Waals surface area contributed by atoms with Crippen molar-refractivity contribution in [3.63, 3.8) is 0 Å². The second-order valence-electron chi connectivity index (χ2n) is 6.46. The molecule has 0 bridgehead atoms. The van der Waals surface area contributed by atoms with Crippen LogP contribution in [0.4, 0.5) is 5.69 Å². The van der Waals surface area contributed by atoms with Gasteiger partial charge < -0.3 is 19.6 Å². The lowest BCUT2D eigenvalue weighted by Gasteiger charge is -2.27. The lowest BCUT2D eigenvalue weighted by Crippen LogP contribution is -2.21. The molecule has 28 heavy (non-hydrogen) atoms. The van der Waals surface area contributed by atoms with E-state index in [1.54, 1.807) is 18.5 Å². The van der Waals surface area contributed by atoms with Gasteiger partial charge in [-0.3, -0.25) is 9.78 Å². The number of rotatable bonds is 5. The first kappa shape index (κ1) is 19.6. The number of carbonyl (C=O) groups excluding carboxylic acids is 1. The van der Waals surface area contributed by atoms with Gasteiger partial charge in [0.25, 0.3) is 0 Å². The summed E-state index contributed by atoms with van der Waals surface area (Å²) < 4.78 is 11.6. The smallest absolute Gasteiger partial charge is 0.152 e. The maximum Gasteiger partial charge on any atom is 0.152 e. The van der Waals surface area contributed by atoms with Gasteiger partial charge in [0.1, 0.15) is 17.3 Å². The van der Waals surface area contributed by atoms with E-state index in [1.807, 2.05) is 25.1 Å². The van der Waals surface area contributed by atoms with Gasteiger partial charge in [-0.1, -0.05) is 12.1 Å². The van der Waals surface area contributed by atoms with Crippen LogP contribution in [0.3, 0.4) is 0 Å². The van der Waals surface area contributed by atoms with Crippen molar-refractivity contribution in [1.82, 2.24) is 4.98 Å². The minimum absolute atomic E-state index is 0.311. The van der Waals surface area contributed by atoms with Gasteiger partial charge in [-0.15, -0.1) is 0 Å². The molecule has 0 saturated heterocycles. The Morgan fingerprint density at radius 3 is 2.86 bits per heavy atom. The third-order valence-corrected chi connectivity index (χ3v) is 4.72. The summed E-state index contributed by atoms with van der Waals surface area (Å²) in [5.41, 5.74) is 3.57. The molecule has 0 aliphatic carbocycles. The number of aldehydes is 1. The molecule has 4 rings (SSSR count). The Morgan fingerprint density at radius 2 is 2.11 bits per heavy atom. The third kappa shape index (κ3) is 4.23. The van der Waals surface area contributed by atoms with Crippen LogP contribution < -0.4 is 10.1 Å². The molecule has 3 aromatic rings. The predicted octanol–water partition coefficient (Wildman–Crippen LogP) is 4.05. The standard InChI is InChI=1S/C21H20N2O3.CH4O/c1-14-2-5-20(26-14)15-3-4-18-16(7-9-25-21(18)10-15)11-23-19-12-22-8-6-17(19)13-24;1-2/h2-6,8,10,12-13,16,23H,7,9,11H2,1H3;2H,1H3. The van der Waals surface area contributed by atoms with Crippen molar-refractivity contribution in [3.8, 4) is 17.1 Å². The molecule has 0 fully saturated rings. The van der Waals surface area contributed by atoms with Gasteiger partial charge in [0.15, 0.2) is 6.29 Å². The molecule has 1 aliphatic rings. The van der Waals surface area contributed by atoms with Crippen molar-refractivity contribution < 1.29 is 19.1 Å². The van der Waals surface area contributed by atoms with Gasteiger partial charge in [-0.05, 0) is 43.2 Å². The number of benzene rings is 1. The molecule has 0 amide bonds. The summed E-state index contributed by atoms with van der Waals surface area (Å²) in [6.07, 6.45) is 5.08. The third-order valence-electron chi connectivity index (χ3n) is 4.72. The van der Waals surface area contributed by atoms with Gasteiger partial charge in [-0.25, -0.2) is 0 Å². The first-order valence-electron chi connectivity index (χ1n) is 9.16. The van der Waals surface area contributed by atoms with Crippen molar-refractivity contribution in [2.24, 2.45) is 0 Å². The number of aliphatic hydroxyl groups is 1. The van der Waals surface area contributed by atoms with Crippen LogP contribution in [-0.2, 0) is 0 Å². The zero-order chi connectivity index (χ0) is 19.9. The van der Waals surface area contributed by atoms with Crippen LogP contribution in [0.1, 0.15) is 34.0 Å². The van der Waals surface area contributed by atoms with Crippen molar-refractivity contribution in [2.45, 2.75) is 19.3 Å². The number of aryl methyl sites for hydroxylation is 1. The minimum atomic E-state index is 0.311. The Labute approximate surface area is 164 Å². The van der Waals surface area contributed by atoms with Crippen LogP contribution in [-0.4, -0.2) is 36.6 Å². The molecule has 1 unspecified atom stereocenters. The summed E-state index contributed by atoms with van der Waals surface area (Å²) in [5, 5.41) is 10.4. The van der Waals surface area contributed by atoms with Gasteiger partial charge in [0, 0.05) is 36.9 Å². The Kier molecular flexibility index (Phi) is 6.45. The summed E-state index contributed by atoms with van der Waals surface area (Å²) >= 11 is 0. The van der Waals surface area contributed by atoms with Crippen molar-refractivity contribution in [3.05, 3.63) is 65.7 Å². The normalized spacial score (nSPS) is 14.9. The quantitative estimate of drug-likeness (QED) is 0.650. The number of hydrogen-bond donors (Lipinski definition) is 2. The SMILES string of the molecule is CO.Cc1ccc(-c2ccc3c(c2)OCCC3CNc2cnccc2C=O)o1. The van der Waals surface area contributed by atoms with E-state index in [1.165, 1.54) is 5.56 Å². The van der Waals surface area contributed by atoms with Crippen LogP contribution in [0.15, 0.2) is 53.2 Å². The Morgan fingerprint density at radius 1 is 1.25 bits per heavy atom. The average Bonchev–Trinajstić information content (AvgIpc) is 3.19. The summed E-state index contributed by atoms with van der Waals surface area (Å²) in [5.74, 6) is 2.95. The maximum absolute atomic E-state index is 11.2. The number of anilines is 1. The molecule has 1 aromatic carbocycles. The van der Waals surface area contributed by atoms with Gasteiger partial charge >= 0.3 is 0 Å². The summed E-state index contributed by atoms with van der Waals surface area (Å²) in [6, 6.07) is 11.9. The van der Waals surface area contributed by atoms with Crippen molar-refractivity contribution >= 4 is 12.0 Å². The lowest BCUT2D eigenvalue weighted by molar-refractivity contribution is 0.112. The molecule has 3 heterocycles. The van der Waals surface area contributed by atoms with E-state index in [4.69, 9.17) is 14.3 Å². The van der Waals surface area contributed by atoms with Crippen LogP contribution in [0.25, 0.3) is 11.3 Å². The highest BCUT2D eigenvalue weighted by Crippen LogP contribution is 2.37. The fourth-order valence-electron chi connectivity index (χ4n) is 3.31. The molecule has 2 aromatic heterocycles. The molecule has 0 spiro atoms. The number of fused-ring (bicyclic) bond motifs is 1. The number of nitrogens with one attached hydrogen (secondary N) is 1. The average molecular weight is 380 g/mol. The molecular formula is C22H24N2O4. The van der Waals surface area contributed by atoms with Crippen molar-refractivity contribution in [1.29, 1.82) is 0 Å². The van der Waals surface area contributed by atoms with E-state index in [9.17, 15) is 4.79 Å². The fraction of sp³-hybridized carbons (Fsp3) is 0.273. The minimum Gasteiger partial charge on any atom is -0.493 e. The largest absolute Gasteiger partial charge is 0.493 e. The van der Waals surface area contributed by atoms with Crippen LogP contribution in [0.5, 0.6) is 5.75 Å². The van der Waals surface area contributed by atoms with Crippen molar-refractivity contribution in [2.75, 3.05) is 25.6 Å². The monoisotopic (exact) mass is 380 g/mol. The number of nitrogens with zero attached hydrogens (tertiary/aromatic N) is 1. The summed E-state index contributed by atoms with van der Waals surface area (Å²) in [6.45, 7) is 3.34. The molecule has 6 heteroatoms. The number of aromatic nitrogens is 1. The van der Waals surface area contributed by atoms with Crippen LogP contribution in [0, 0.1) is 6.92 Å². The molecular weight excluding hydrogens is 356 g/mol. The molecule has 146 valence electrons. The summed E-state index contributed by atoms with van der Waals surface area (Å²) in [7, 11) is 1.00. The number of ether oxygens (including phenoxy) is 1. The molecule has 0 radical (unpaired) electrons. The number of hydrogen-bond acceptors (Lipinski definition) is 6. The predicted molar refractivity (Wildman–Crippen MR) is 108 cm³/mol. The van der Waals surface area contributed by atoms with Gasteiger partial charge in [-0.2, -0.15) is 0 Å². The van der Waals surface area contributed by atoms with Crippen LogP contribution >= 0.6 is 0 Å². The van der Waals surface area contributed by atoms with E-state index in [0.29, 0.717) is 18.1 Å². The molecule has 6 nitrogen and oxygen atoms in total. The second kappa shape index (κ2) is 9.19. The van der Waals surface area contributed by atoms with E-state index < -0.39 is 0 Å². The maximum atomic E-state index is 11.2. The number of furan rings is 1. The number of pyridine rings is 1. The second-order valence-corrected chi connectivity index (χ2v) is 6.46. The number of aliphatic hydroxyl groups excluding tert-OH is 1. The Balaban J connectivity index is 0.00000109. The molecule has 2 N–H and O–H groups in total. The fourth-order valence-corrected chi connectivity index (χ4v) is 3.31. The Hall–Kier alpha value is -3.12.